The largest absolute Gasteiger partial charge is 0.493 e. The summed E-state index contributed by atoms with van der Waals surface area (Å²) in [6.45, 7) is 7.05. The summed E-state index contributed by atoms with van der Waals surface area (Å²) < 4.78 is 7.47. The minimum Gasteiger partial charge on any atom is -0.493 e. The molecule has 0 aliphatic rings. The smallest absolute Gasteiger partial charge is 0.266 e. The average molecular weight is 455 g/mol. The minimum atomic E-state index is -0.234. The van der Waals surface area contributed by atoms with Crippen molar-refractivity contribution in [1.29, 1.82) is 0 Å². The lowest BCUT2D eigenvalue weighted by molar-refractivity contribution is 0.343. The molecule has 0 aliphatic carbocycles. The number of thioether (sulfide) groups is 1. The van der Waals surface area contributed by atoms with Gasteiger partial charge in [0.15, 0.2) is 16.6 Å². The number of fused-ring (bicyclic) bond motifs is 1. The SMILES string of the molecule is CC(C)(C)c1ccc(OCCSc2nc(-c3ccccc3Cl)nc3cc(=O)[nH]n23)cc1. The zero-order valence-corrected chi connectivity index (χ0v) is 19.1. The summed E-state index contributed by atoms with van der Waals surface area (Å²) in [4.78, 5) is 21.0. The molecule has 2 aromatic carbocycles. The van der Waals surface area contributed by atoms with E-state index in [0.29, 0.717) is 34.0 Å². The Bertz CT molecular complexity index is 1260. The van der Waals surface area contributed by atoms with Gasteiger partial charge in [0.1, 0.15) is 5.75 Å². The van der Waals surface area contributed by atoms with E-state index < -0.39 is 0 Å². The number of aromatic nitrogens is 4. The third-order valence-electron chi connectivity index (χ3n) is 4.74. The number of hydrogen-bond acceptors (Lipinski definition) is 5. The van der Waals surface area contributed by atoms with Crippen LogP contribution in [0.1, 0.15) is 26.3 Å². The summed E-state index contributed by atoms with van der Waals surface area (Å²) in [5.74, 6) is 1.95. The first kappa shape index (κ1) is 21.5. The average Bonchev–Trinajstić information content (AvgIpc) is 3.11. The van der Waals surface area contributed by atoms with Crippen LogP contribution in [0.2, 0.25) is 5.02 Å². The molecular weight excluding hydrogens is 432 g/mol. The number of H-pyrrole nitrogens is 1. The lowest BCUT2D eigenvalue weighted by atomic mass is 9.87. The van der Waals surface area contributed by atoms with Gasteiger partial charge in [-0.15, -0.1) is 0 Å². The molecule has 1 N–H and O–H groups in total. The van der Waals surface area contributed by atoms with E-state index in [0.717, 1.165) is 11.3 Å². The van der Waals surface area contributed by atoms with Crippen LogP contribution in [0.15, 0.2) is 64.5 Å². The van der Waals surface area contributed by atoms with Gasteiger partial charge in [-0.3, -0.25) is 9.89 Å². The molecule has 0 atom stereocenters. The molecule has 0 unspecified atom stereocenters. The molecule has 4 rings (SSSR count). The number of rotatable bonds is 6. The van der Waals surface area contributed by atoms with Crippen molar-refractivity contribution >= 4 is 29.0 Å². The summed E-state index contributed by atoms with van der Waals surface area (Å²) in [7, 11) is 0. The van der Waals surface area contributed by atoms with Gasteiger partial charge in [-0.25, -0.2) is 14.5 Å². The highest BCUT2D eigenvalue weighted by molar-refractivity contribution is 7.99. The summed E-state index contributed by atoms with van der Waals surface area (Å²) in [5.41, 5.74) is 2.36. The number of aromatic amines is 1. The minimum absolute atomic E-state index is 0.111. The van der Waals surface area contributed by atoms with E-state index >= 15 is 0 Å². The van der Waals surface area contributed by atoms with Crippen molar-refractivity contribution in [2.75, 3.05) is 12.4 Å². The number of halogens is 1. The second kappa shape index (κ2) is 8.77. The zero-order valence-electron chi connectivity index (χ0n) is 17.6. The van der Waals surface area contributed by atoms with E-state index in [-0.39, 0.29) is 11.0 Å². The molecule has 0 saturated carbocycles. The summed E-state index contributed by atoms with van der Waals surface area (Å²) in [6.07, 6.45) is 0. The maximum atomic E-state index is 11.9. The third kappa shape index (κ3) is 4.94. The van der Waals surface area contributed by atoms with E-state index in [1.165, 1.54) is 23.4 Å². The first-order valence-corrected chi connectivity index (χ1v) is 11.3. The molecule has 0 bridgehead atoms. The molecule has 0 aliphatic heterocycles. The molecule has 0 fully saturated rings. The zero-order chi connectivity index (χ0) is 22.0. The first-order chi connectivity index (χ1) is 14.8. The van der Waals surface area contributed by atoms with Crippen molar-refractivity contribution in [2.24, 2.45) is 0 Å². The highest BCUT2D eigenvalue weighted by Crippen LogP contribution is 2.27. The van der Waals surface area contributed by atoms with Gasteiger partial charge in [-0.05, 0) is 35.2 Å². The Balaban J connectivity index is 1.49. The van der Waals surface area contributed by atoms with Crippen LogP contribution >= 0.6 is 23.4 Å². The van der Waals surface area contributed by atoms with Crippen LogP contribution in [0.3, 0.4) is 0 Å². The van der Waals surface area contributed by atoms with Gasteiger partial charge >= 0.3 is 0 Å². The number of hydrogen-bond donors (Lipinski definition) is 1. The molecule has 0 radical (unpaired) electrons. The van der Waals surface area contributed by atoms with E-state index in [4.69, 9.17) is 16.3 Å². The number of nitrogens with one attached hydrogen (secondary N) is 1. The monoisotopic (exact) mass is 454 g/mol. The van der Waals surface area contributed by atoms with Crippen LogP contribution < -0.4 is 10.3 Å². The number of benzene rings is 2. The van der Waals surface area contributed by atoms with Crippen molar-refractivity contribution in [3.8, 4) is 17.1 Å². The van der Waals surface area contributed by atoms with E-state index in [1.54, 1.807) is 10.6 Å². The molecule has 0 saturated heterocycles. The topological polar surface area (TPSA) is 72.3 Å². The molecule has 6 nitrogen and oxygen atoms in total. The Morgan fingerprint density at radius 3 is 2.55 bits per heavy atom. The Kier molecular flexibility index (Phi) is 6.07. The van der Waals surface area contributed by atoms with Crippen molar-refractivity contribution in [3.63, 3.8) is 0 Å². The van der Waals surface area contributed by atoms with E-state index in [2.05, 4.69) is 48.0 Å². The van der Waals surface area contributed by atoms with Crippen molar-refractivity contribution in [2.45, 2.75) is 31.3 Å². The Labute approximate surface area is 189 Å². The fourth-order valence-corrected chi connectivity index (χ4v) is 4.08. The van der Waals surface area contributed by atoms with Gasteiger partial charge in [-0.2, -0.15) is 0 Å². The summed E-state index contributed by atoms with van der Waals surface area (Å²) in [6, 6.07) is 17.0. The van der Waals surface area contributed by atoms with Crippen molar-refractivity contribution in [1.82, 2.24) is 19.6 Å². The quantitative estimate of drug-likeness (QED) is 0.320. The Morgan fingerprint density at radius 2 is 1.84 bits per heavy atom. The van der Waals surface area contributed by atoms with Gasteiger partial charge in [0.2, 0.25) is 0 Å². The van der Waals surface area contributed by atoms with Gasteiger partial charge < -0.3 is 4.74 Å². The number of ether oxygens (including phenoxy) is 1. The van der Waals surface area contributed by atoms with Gasteiger partial charge in [-0.1, -0.05) is 68.4 Å². The van der Waals surface area contributed by atoms with E-state index in [9.17, 15) is 4.79 Å². The predicted octanol–water partition coefficient (Wildman–Crippen LogP) is 5.21. The maximum Gasteiger partial charge on any atom is 0.266 e. The third-order valence-corrected chi connectivity index (χ3v) is 5.98. The lowest BCUT2D eigenvalue weighted by Crippen LogP contribution is -2.10. The maximum absolute atomic E-state index is 11.9. The van der Waals surface area contributed by atoms with Crippen LogP contribution in [0.4, 0.5) is 0 Å². The highest BCUT2D eigenvalue weighted by Gasteiger charge is 2.14. The Morgan fingerprint density at radius 1 is 1.10 bits per heavy atom. The van der Waals surface area contributed by atoms with E-state index in [1.807, 2.05) is 30.3 Å². The molecule has 4 aromatic rings. The first-order valence-electron chi connectivity index (χ1n) is 9.92. The molecule has 0 spiro atoms. The second-order valence-electron chi connectivity index (χ2n) is 8.09. The second-order valence-corrected chi connectivity index (χ2v) is 9.56. The summed E-state index contributed by atoms with van der Waals surface area (Å²) >= 11 is 7.80. The number of nitrogens with zero attached hydrogens (tertiary/aromatic N) is 3. The molecule has 160 valence electrons. The van der Waals surface area contributed by atoms with Crippen molar-refractivity contribution in [3.05, 3.63) is 75.5 Å². The molecule has 31 heavy (non-hydrogen) atoms. The molecule has 2 aromatic heterocycles. The van der Waals surface area contributed by atoms with Crippen LogP contribution in [-0.2, 0) is 5.41 Å². The predicted molar refractivity (Wildman–Crippen MR) is 125 cm³/mol. The highest BCUT2D eigenvalue weighted by atomic mass is 35.5. The molecule has 8 heteroatoms. The fraction of sp³-hybridized carbons (Fsp3) is 0.261. The van der Waals surface area contributed by atoms with Crippen LogP contribution in [0.5, 0.6) is 5.75 Å². The van der Waals surface area contributed by atoms with Gasteiger partial charge in [0, 0.05) is 17.4 Å². The molecule has 2 heterocycles. The van der Waals surface area contributed by atoms with Gasteiger partial charge in [0.25, 0.3) is 5.56 Å². The lowest BCUT2D eigenvalue weighted by Gasteiger charge is -2.19. The standard InChI is InChI=1S/C23H23ClN4O2S/c1-23(2,3)15-8-10-16(11-9-15)30-12-13-31-22-26-21(17-6-4-5-7-18(17)24)25-19-14-20(29)27-28(19)22/h4-11,14H,12-13H2,1-3H3,(H,27,29). The normalized spacial score (nSPS) is 11.7. The molecule has 0 amide bonds. The van der Waals surface area contributed by atoms with Crippen molar-refractivity contribution < 1.29 is 4.74 Å². The Hall–Kier alpha value is -2.77. The molecular formula is C23H23ClN4O2S. The van der Waals surface area contributed by atoms with Crippen LogP contribution in [0.25, 0.3) is 17.0 Å². The fourth-order valence-electron chi connectivity index (χ4n) is 3.09. The van der Waals surface area contributed by atoms with Gasteiger partial charge in [0.05, 0.1) is 11.6 Å². The summed E-state index contributed by atoms with van der Waals surface area (Å²) in [5, 5.41) is 3.92. The van der Waals surface area contributed by atoms with Crippen LogP contribution in [0, 0.1) is 0 Å². The van der Waals surface area contributed by atoms with Crippen LogP contribution in [-0.4, -0.2) is 31.9 Å².